The van der Waals surface area contributed by atoms with E-state index < -0.39 is 11.9 Å². The van der Waals surface area contributed by atoms with Crippen LogP contribution in [0.3, 0.4) is 0 Å². The third kappa shape index (κ3) is 3.81. The van der Waals surface area contributed by atoms with Crippen molar-refractivity contribution >= 4 is 43.7 Å². The molecule has 0 radical (unpaired) electrons. The van der Waals surface area contributed by atoms with Crippen LogP contribution in [0.1, 0.15) is 17.3 Å². The van der Waals surface area contributed by atoms with Gasteiger partial charge in [-0.2, -0.15) is 0 Å². The molecule has 0 aliphatic carbocycles. The Morgan fingerprint density at radius 1 is 1.39 bits per heavy atom. The number of nitrogens with zero attached hydrogens (tertiary/aromatic N) is 1. The molecule has 0 spiro atoms. The summed E-state index contributed by atoms with van der Waals surface area (Å²) in [5.41, 5.74) is 0.512. The van der Waals surface area contributed by atoms with Crippen molar-refractivity contribution in [1.29, 1.82) is 0 Å². The minimum absolute atomic E-state index is 0.177. The SMILES string of the molecule is CC(CN(C)C(=O)c1ccc(Br)cc1Br)C(=O)O. The van der Waals surface area contributed by atoms with Crippen molar-refractivity contribution in [2.75, 3.05) is 13.6 Å². The molecule has 0 fully saturated rings. The number of benzene rings is 1. The Balaban J connectivity index is 2.83. The predicted molar refractivity (Wildman–Crippen MR) is 75.6 cm³/mol. The van der Waals surface area contributed by atoms with E-state index in [1.54, 1.807) is 32.2 Å². The molecule has 6 heteroatoms. The molecule has 0 saturated carbocycles. The van der Waals surface area contributed by atoms with Crippen LogP contribution in [0.15, 0.2) is 27.1 Å². The van der Waals surface area contributed by atoms with Crippen molar-refractivity contribution in [3.05, 3.63) is 32.7 Å². The lowest BCUT2D eigenvalue weighted by atomic mass is 10.1. The van der Waals surface area contributed by atoms with E-state index in [1.165, 1.54) is 4.90 Å². The molecule has 0 aromatic heterocycles. The summed E-state index contributed by atoms with van der Waals surface area (Å²) >= 11 is 6.63. The summed E-state index contributed by atoms with van der Waals surface area (Å²) in [5.74, 6) is -1.71. The van der Waals surface area contributed by atoms with Crippen molar-refractivity contribution < 1.29 is 14.7 Å². The van der Waals surface area contributed by atoms with Gasteiger partial charge in [0.05, 0.1) is 11.5 Å². The predicted octanol–water partition coefficient (Wildman–Crippen LogP) is 3.00. The smallest absolute Gasteiger partial charge is 0.308 e. The highest BCUT2D eigenvalue weighted by atomic mass is 79.9. The molecule has 1 aromatic rings. The van der Waals surface area contributed by atoms with Crippen LogP contribution in [0.2, 0.25) is 0 Å². The molecule has 0 bridgehead atoms. The molecule has 0 saturated heterocycles. The number of carboxylic acids is 1. The third-order valence-corrected chi connectivity index (χ3v) is 3.63. The van der Waals surface area contributed by atoms with Gasteiger partial charge in [0.15, 0.2) is 0 Å². The summed E-state index contributed by atoms with van der Waals surface area (Å²) < 4.78 is 1.55. The van der Waals surface area contributed by atoms with Gasteiger partial charge in [0.2, 0.25) is 0 Å². The number of amides is 1. The fourth-order valence-electron chi connectivity index (χ4n) is 1.44. The lowest BCUT2D eigenvalue weighted by Crippen LogP contribution is -2.33. The number of hydrogen-bond donors (Lipinski definition) is 1. The van der Waals surface area contributed by atoms with Crippen LogP contribution in [0.4, 0.5) is 0 Å². The first-order valence-electron chi connectivity index (χ1n) is 5.26. The zero-order chi connectivity index (χ0) is 13.9. The molecule has 98 valence electrons. The molecule has 0 heterocycles. The van der Waals surface area contributed by atoms with E-state index in [1.807, 2.05) is 0 Å². The number of hydrogen-bond acceptors (Lipinski definition) is 2. The quantitative estimate of drug-likeness (QED) is 0.876. The molecule has 4 nitrogen and oxygen atoms in total. The summed E-state index contributed by atoms with van der Waals surface area (Å²) in [4.78, 5) is 24.3. The Hall–Kier alpha value is -0.880. The van der Waals surface area contributed by atoms with Gasteiger partial charge in [-0.15, -0.1) is 0 Å². The van der Waals surface area contributed by atoms with Crippen LogP contribution in [-0.2, 0) is 4.79 Å². The maximum absolute atomic E-state index is 12.1. The maximum Gasteiger partial charge on any atom is 0.308 e. The molecule has 0 aliphatic rings. The van der Waals surface area contributed by atoms with Gasteiger partial charge in [-0.25, -0.2) is 0 Å². The van der Waals surface area contributed by atoms with Crippen LogP contribution in [0.25, 0.3) is 0 Å². The van der Waals surface area contributed by atoms with Gasteiger partial charge < -0.3 is 10.0 Å². The van der Waals surface area contributed by atoms with Gasteiger partial charge in [-0.3, -0.25) is 9.59 Å². The second-order valence-electron chi connectivity index (χ2n) is 4.05. The highest BCUT2D eigenvalue weighted by Gasteiger charge is 2.20. The Morgan fingerprint density at radius 2 is 2.00 bits per heavy atom. The van der Waals surface area contributed by atoms with Gasteiger partial charge >= 0.3 is 5.97 Å². The Bertz CT molecular complexity index is 476. The van der Waals surface area contributed by atoms with Crippen molar-refractivity contribution in [3.8, 4) is 0 Å². The van der Waals surface area contributed by atoms with Crippen molar-refractivity contribution in [1.82, 2.24) is 4.90 Å². The van der Waals surface area contributed by atoms with Crippen molar-refractivity contribution in [3.63, 3.8) is 0 Å². The average Bonchev–Trinajstić information content (AvgIpc) is 2.27. The zero-order valence-electron chi connectivity index (χ0n) is 9.98. The number of aliphatic carboxylic acids is 1. The molecule has 18 heavy (non-hydrogen) atoms. The lowest BCUT2D eigenvalue weighted by molar-refractivity contribution is -0.141. The van der Waals surface area contributed by atoms with E-state index in [4.69, 9.17) is 5.11 Å². The molecule has 1 aromatic carbocycles. The fourth-order valence-corrected chi connectivity index (χ4v) is 2.66. The number of carbonyl (C=O) groups is 2. The first-order chi connectivity index (χ1) is 8.32. The van der Waals surface area contributed by atoms with E-state index in [9.17, 15) is 9.59 Å². The van der Waals surface area contributed by atoms with E-state index in [0.29, 0.717) is 10.0 Å². The molecule has 1 N–H and O–H groups in total. The van der Waals surface area contributed by atoms with E-state index in [0.717, 1.165) is 4.47 Å². The van der Waals surface area contributed by atoms with Crippen LogP contribution in [0, 0.1) is 5.92 Å². The van der Waals surface area contributed by atoms with Crippen LogP contribution >= 0.6 is 31.9 Å². The summed E-state index contributed by atoms with van der Waals surface area (Å²) in [7, 11) is 1.59. The molecule has 1 amide bonds. The van der Waals surface area contributed by atoms with Gasteiger partial charge in [0, 0.05) is 22.5 Å². The largest absolute Gasteiger partial charge is 0.481 e. The average molecular weight is 379 g/mol. The summed E-state index contributed by atoms with van der Waals surface area (Å²) in [6.45, 7) is 1.75. The summed E-state index contributed by atoms with van der Waals surface area (Å²) in [6, 6.07) is 5.24. The van der Waals surface area contributed by atoms with Gasteiger partial charge in [-0.05, 0) is 34.1 Å². The highest BCUT2D eigenvalue weighted by Crippen LogP contribution is 2.23. The second kappa shape index (κ2) is 6.33. The Labute approximate surface area is 122 Å². The molecular formula is C12H13Br2NO3. The maximum atomic E-state index is 12.1. The Morgan fingerprint density at radius 3 is 2.50 bits per heavy atom. The minimum Gasteiger partial charge on any atom is -0.481 e. The second-order valence-corrected chi connectivity index (χ2v) is 5.82. The monoisotopic (exact) mass is 377 g/mol. The number of carbonyl (C=O) groups excluding carboxylic acids is 1. The van der Waals surface area contributed by atoms with Gasteiger partial charge in [-0.1, -0.05) is 22.9 Å². The zero-order valence-corrected chi connectivity index (χ0v) is 13.2. The standard InChI is InChI=1S/C12H13Br2NO3/c1-7(12(17)18)6-15(2)11(16)9-4-3-8(13)5-10(9)14/h3-5,7H,6H2,1-2H3,(H,17,18). The molecular weight excluding hydrogens is 366 g/mol. The van der Waals surface area contributed by atoms with E-state index in [2.05, 4.69) is 31.9 Å². The minimum atomic E-state index is -0.912. The van der Waals surface area contributed by atoms with Gasteiger partial charge in [0.25, 0.3) is 5.91 Å². The first kappa shape index (κ1) is 15.2. The normalized spacial score (nSPS) is 12.0. The highest BCUT2D eigenvalue weighted by molar-refractivity contribution is 9.11. The summed E-state index contributed by atoms with van der Waals surface area (Å²) in [6.07, 6.45) is 0. The number of carboxylic acid groups (broad SMARTS) is 1. The van der Waals surface area contributed by atoms with Crippen molar-refractivity contribution in [2.24, 2.45) is 5.92 Å². The lowest BCUT2D eigenvalue weighted by Gasteiger charge is -2.20. The topological polar surface area (TPSA) is 57.6 Å². The van der Waals surface area contributed by atoms with Gasteiger partial charge in [0.1, 0.15) is 0 Å². The molecule has 1 atom stereocenters. The van der Waals surface area contributed by atoms with E-state index in [-0.39, 0.29) is 12.5 Å². The molecule has 1 unspecified atom stereocenters. The molecule has 0 aliphatic heterocycles. The van der Waals surface area contributed by atoms with Crippen LogP contribution < -0.4 is 0 Å². The molecule has 1 rings (SSSR count). The Kier molecular flexibility index (Phi) is 5.34. The van der Waals surface area contributed by atoms with Crippen LogP contribution in [0.5, 0.6) is 0 Å². The first-order valence-corrected chi connectivity index (χ1v) is 6.85. The fraction of sp³-hybridized carbons (Fsp3) is 0.333. The number of halogens is 2. The number of rotatable bonds is 4. The van der Waals surface area contributed by atoms with Crippen molar-refractivity contribution in [2.45, 2.75) is 6.92 Å². The van der Waals surface area contributed by atoms with Crippen LogP contribution in [-0.4, -0.2) is 35.5 Å². The third-order valence-electron chi connectivity index (χ3n) is 2.48. The van der Waals surface area contributed by atoms with E-state index >= 15 is 0 Å². The summed E-state index contributed by atoms with van der Waals surface area (Å²) in [5, 5.41) is 8.82.